The molecule has 0 N–H and O–H groups in total. The van der Waals surface area contributed by atoms with E-state index in [4.69, 9.17) is 16.9 Å². The van der Waals surface area contributed by atoms with Crippen molar-refractivity contribution in [2.45, 2.75) is 19.8 Å². The lowest BCUT2D eigenvalue weighted by atomic mass is 10.0. The molecule has 3 heteroatoms. The SMILES string of the molecule is CC(C)c1ccc(OC#N)c(Cl)c1. The van der Waals surface area contributed by atoms with E-state index in [1.807, 2.05) is 12.1 Å². The van der Waals surface area contributed by atoms with Crippen molar-refractivity contribution in [2.24, 2.45) is 0 Å². The van der Waals surface area contributed by atoms with Crippen LogP contribution >= 0.6 is 11.6 Å². The number of hydrogen-bond donors (Lipinski definition) is 0. The first-order valence-corrected chi connectivity index (χ1v) is 4.38. The molecule has 0 unspecified atom stereocenters. The van der Waals surface area contributed by atoms with Crippen molar-refractivity contribution < 1.29 is 4.74 Å². The smallest absolute Gasteiger partial charge is 0.292 e. The minimum Gasteiger partial charge on any atom is -0.386 e. The van der Waals surface area contributed by atoms with Crippen LogP contribution in [0.2, 0.25) is 5.02 Å². The lowest BCUT2D eigenvalue weighted by Crippen LogP contribution is -1.89. The maximum Gasteiger partial charge on any atom is 0.292 e. The average Bonchev–Trinajstić information content (AvgIpc) is 2.08. The molecule has 0 saturated heterocycles. The second kappa shape index (κ2) is 4.15. The zero-order valence-corrected chi connectivity index (χ0v) is 8.30. The molecule has 0 bridgehead atoms. The maximum absolute atomic E-state index is 8.29. The molecular weight excluding hydrogens is 186 g/mol. The Morgan fingerprint density at radius 1 is 1.46 bits per heavy atom. The predicted octanol–water partition coefficient (Wildman–Crippen LogP) is 3.32. The third-order valence-electron chi connectivity index (χ3n) is 1.78. The van der Waals surface area contributed by atoms with Gasteiger partial charge in [0, 0.05) is 0 Å². The van der Waals surface area contributed by atoms with E-state index in [0.29, 0.717) is 16.7 Å². The van der Waals surface area contributed by atoms with Crippen LogP contribution in [0.5, 0.6) is 5.75 Å². The van der Waals surface area contributed by atoms with Gasteiger partial charge < -0.3 is 4.74 Å². The first-order valence-electron chi connectivity index (χ1n) is 4.00. The fourth-order valence-corrected chi connectivity index (χ4v) is 1.24. The van der Waals surface area contributed by atoms with Crippen LogP contribution in [0.3, 0.4) is 0 Å². The van der Waals surface area contributed by atoms with E-state index in [1.54, 1.807) is 12.3 Å². The number of benzene rings is 1. The van der Waals surface area contributed by atoms with Gasteiger partial charge in [0.2, 0.25) is 0 Å². The highest BCUT2D eigenvalue weighted by atomic mass is 35.5. The minimum absolute atomic E-state index is 0.411. The van der Waals surface area contributed by atoms with Gasteiger partial charge >= 0.3 is 0 Å². The molecule has 1 rings (SSSR count). The largest absolute Gasteiger partial charge is 0.386 e. The van der Waals surface area contributed by atoms with E-state index in [2.05, 4.69) is 18.6 Å². The van der Waals surface area contributed by atoms with Gasteiger partial charge in [-0.15, -0.1) is 5.26 Å². The highest BCUT2D eigenvalue weighted by Crippen LogP contribution is 2.28. The number of ether oxygens (including phenoxy) is 1. The van der Waals surface area contributed by atoms with E-state index in [-0.39, 0.29) is 0 Å². The third-order valence-corrected chi connectivity index (χ3v) is 2.07. The zero-order chi connectivity index (χ0) is 9.84. The topological polar surface area (TPSA) is 33.0 Å². The normalized spacial score (nSPS) is 9.77. The molecule has 68 valence electrons. The minimum atomic E-state index is 0.411. The first-order chi connectivity index (χ1) is 6.15. The number of halogens is 1. The van der Waals surface area contributed by atoms with Gasteiger partial charge in [0.15, 0.2) is 5.75 Å². The van der Waals surface area contributed by atoms with Crippen LogP contribution in [0.25, 0.3) is 0 Å². The molecular formula is C10H10ClNO. The summed E-state index contributed by atoms with van der Waals surface area (Å²) in [7, 11) is 0. The Labute approximate surface area is 82.7 Å². The van der Waals surface area contributed by atoms with Gasteiger partial charge in [0.1, 0.15) is 0 Å². The molecule has 0 amide bonds. The van der Waals surface area contributed by atoms with Crippen molar-refractivity contribution in [2.75, 3.05) is 0 Å². The lowest BCUT2D eigenvalue weighted by Gasteiger charge is -2.06. The van der Waals surface area contributed by atoms with Crippen LogP contribution in [0, 0.1) is 11.5 Å². The Hall–Kier alpha value is -1.20. The van der Waals surface area contributed by atoms with E-state index in [0.717, 1.165) is 5.56 Å². The van der Waals surface area contributed by atoms with Crippen LogP contribution in [-0.2, 0) is 0 Å². The summed E-state index contributed by atoms with van der Waals surface area (Å²) in [4.78, 5) is 0. The van der Waals surface area contributed by atoms with E-state index in [9.17, 15) is 0 Å². The fraction of sp³-hybridized carbons (Fsp3) is 0.300. The molecule has 1 aromatic rings. The summed E-state index contributed by atoms with van der Waals surface area (Å²) >= 11 is 5.88. The number of hydrogen-bond acceptors (Lipinski definition) is 2. The molecule has 0 aliphatic heterocycles. The quantitative estimate of drug-likeness (QED) is 0.679. The lowest BCUT2D eigenvalue weighted by molar-refractivity contribution is 0.507. The van der Waals surface area contributed by atoms with Crippen molar-refractivity contribution >= 4 is 11.6 Å². The van der Waals surface area contributed by atoms with Crippen molar-refractivity contribution in [3.8, 4) is 12.0 Å². The molecule has 0 aliphatic carbocycles. The summed E-state index contributed by atoms with van der Waals surface area (Å²) < 4.78 is 4.64. The first kappa shape index (κ1) is 9.88. The highest BCUT2D eigenvalue weighted by Gasteiger charge is 2.05. The summed E-state index contributed by atoms with van der Waals surface area (Å²) in [6, 6.07) is 5.43. The molecule has 0 atom stereocenters. The van der Waals surface area contributed by atoms with E-state index < -0.39 is 0 Å². The van der Waals surface area contributed by atoms with Gasteiger partial charge in [-0.3, -0.25) is 0 Å². The maximum atomic E-state index is 8.29. The molecule has 1 aromatic carbocycles. The van der Waals surface area contributed by atoms with Crippen LogP contribution in [0.1, 0.15) is 25.3 Å². The van der Waals surface area contributed by atoms with Crippen molar-refractivity contribution in [1.82, 2.24) is 0 Å². The summed E-state index contributed by atoms with van der Waals surface area (Å²) in [5.41, 5.74) is 1.13. The Balaban J connectivity index is 3.00. The van der Waals surface area contributed by atoms with Gasteiger partial charge in [-0.25, -0.2) is 0 Å². The molecule has 0 radical (unpaired) electrons. The Morgan fingerprint density at radius 3 is 2.62 bits per heavy atom. The molecule has 0 aromatic heterocycles. The molecule has 2 nitrogen and oxygen atoms in total. The van der Waals surface area contributed by atoms with Gasteiger partial charge in [-0.05, 0) is 23.6 Å². The van der Waals surface area contributed by atoms with Gasteiger partial charge in [-0.2, -0.15) is 0 Å². The second-order valence-corrected chi connectivity index (χ2v) is 3.45. The Morgan fingerprint density at radius 2 is 2.15 bits per heavy atom. The number of rotatable bonds is 2. The van der Waals surface area contributed by atoms with Gasteiger partial charge in [-0.1, -0.05) is 31.5 Å². The number of nitrogens with zero attached hydrogens (tertiary/aromatic N) is 1. The fourth-order valence-electron chi connectivity index (χ4n) is 1.01. The summed E-state index contributed by atoms with van der Waals surface area (Å²) in [6.45, 7) is 4.16. The Bertz CT molecular complexity index is 341. The average molecular weight is 196 g/mol. The molecule has 0 fully saturated rings. The molecule has 0 saturated carbocycles. The number of nitriles is 1. The Kier molecular flexibility index (Phi) is 3.16. The van der Waals surface area contributed by atoms with Crippen molar-refractivity contribution in [3.05, 3.63) is 28.8 Å². The van der Waals surface area contributed by atoms with Crippen molar-refractivity contribution in [1.29, 1.82) is 5.26 Å². The van der Waals surface area contributed by atoms with E-state index >= 15 is 0 Å². The molecule has 0 spiro atoms. The third kappa shape index (κ3) is 2.37. The van der Waals surface area contributed by atoms with Crippen molar-refractivity contribution in [3.63, 3.8) is 0 Å². The standard InChI is InChI=1S/C10H10ClNO/c1-7(2)8-3-4-10(13-6-12)9(11)5-8/h3-5,7H,1-2H3. The van der Waals surface area contributed by atoms with Crippen LogP contribution < -0.4 is 4.74 Å². The van der Waals surface area contributed by atoms with Crippen LogP contribution in [-0.4, -0.2) is 0 Å². The molecule has 0 aliphatic rings. The summed E-state index contributed by atoms with van der Waals surface area (Å²) in [5.74, 6) is 0.835. The second-order valence-electron chi connectivity index (χ2n) is 3.04. The van der Waals surface area contributed by atoms with E-state index in [1.165, 1.54) is 0 Å². The van der Waals surface area contributed by atoms with Gasteiger partial charge in [0.05, 0.1) is 5.02 Å². The molecule has 13 heavy (non-hydrogen) atoms. The molecule has 0 heterocycles. The highest BCUT2D eigenvalue weighted by molar-refractivity contribution is 6.32. The van der Waals surface area contributed by atoms with Gasteiger partial charge in [0.25, 0.3) is 6.26 Å². The monoisotopic (exact) mass is 195 g/mol. The zero-order valence-electron chi connectivity index (χ0n) is 7.54. The summed E-state index contributed by atoms with van der Waals surface area (Å²) in [5, 5.41) is 8.77. The van der Waals surface area contributed by atoms with Crippen LogP contribution in [0.15, 0.2) is 18.2 Å². The summed E-state index contributed by atoms with van der Waals surface area (Å²) in [6.07, 6.45) is 1.59. The predicted molar refractivity (Wildman–Crippen MR) is 51.8 cm³/mol. The van der Waals surface area contributed by atoms with Crippen LogP contribution in [0.4, 0.5) is 0 Å².